The maximum absolute atomic E-state index is 11.5. The normalized spacial score (nSPS) is 23.1. The third-order valence-electron chi connectivity index (χ3n) is 3.21. The summed E-state index contributed by atoms with van der Waals surface area (Å²) in [5, 5.41) is 4.15. The van der Waals surface area contributed by atoms with Crippen LogP contribution < -0.4 is 5.32 Å². The number of methoxy groups -OCH3 is 2. The Morgan fingerprint density at radius 1 is 1.44 bits per heavy atom. The van der Waals surface area contributed by atoms with Crippen LogP contribution in [-0.4, -0.2) is 37.3 Å². The molecule has 1 aromatic rings. The quantitative estimate of drug-likeness (QED) is 0.850. The van der Waals surface area contributed by atoms with Gasteiger partial charge in [0, 0.05) is 13.2 Å². The molecule has 1 N–H and O–H groups in total. The Morgan fingerprint density at radius 2 is 2.22 bits per heavy atom. The van der Waals surface area contributed by atoms with Gasteiger partial charge in [-0.1, -0.05) is 11.3 Å². The fraction of sp³-hybridized carbons (Fsp3) is 0.667. The molecule has 100 valence electrons. The lowest BCUT2D eigenvalue weighted by Crippen LogP contribution is -2.17. The molecule has 18 heavy (non-hydrogen) atoms. The van der Waals surface area contributed by atoms with Crippen LogP contribution in [0.15, 0.2) is 0 Å². The molecule has 0 bridgehead atoms. The number of esters is 1. The Hall–Kier alpha value is -1.14. The smallest absolute Gasteiger partial charge is 0.350 e. The summed E-state index contributed by atoms with van der Waals surface area (Å²) in [7, 11) is 3.13. The lowest BCUT2D eigenvalue weighted by Gasteiger charge is -2.11. The number of aromatic nitrogens is 1. The highest BCUT2D eigenvalue weighted by Crippen LogP contribution is 2.28. The van der Waals surface area contributed by atoms with E-state index in [1.165, 1.54) is 18.4 Å². The third kappa shape index (κ3) is 2.81. The Labute approximate surface area is 111 Å². The van der Waals surface area contributed by atoms with Crippen LogP contribution >= 0.6 is 11.3 Å². The third-order valence-corrected chi connectivity index (χ3v) is 4.28. The van der Waals surface area contributed by atoms with Crippen molar-refractivity contribution in [1.29, 1.82) is 0 Å². The van der Waals surface area contributed by atoms with Gasteiger partial charge in [-0.3, -0.25) is 0 Å². The molecule has 1 heterocycles. The van der Waals surface area contributed by atoms with Gasteiger partial charge in [0.15, 0.2) is 5.13 Å². The van der Waals surface area contributed by atoms with E-state index in [2.05, 4.69) is 10.3 Å². The summed E-state index contributed by atoms with van der Waals surface area (Å²) < 4.78 is 10.1. The lowest BCUT2D eigenvalue weighted by molar-refractivity contribution is 0.0605. The van der Waals surface area contributed by atoms with E-state index in [1.807, 2.05) is 6.92 Å². The molecule has 1 aliphatic carbocycles. The molecular weight excluding hydrogens is 252 g/mol. The minimum absolute atomic E-state index is 0.320. The molecule has 5 nitrogen and oxygen atoms in total. The average Bonchev–Trinajstić information content (AvgIpc) is 2.95. The second-order valence-electron chi connectivity index (χ2n) is 4.44. The highest BCUT2D eigenvalue weighted by atomic mass is 32.1. The standard InChI is InChI=1S/C12H18N2O3S/c1-7-10(11(15)17-3)18-12(13-7)14-8-4-5-9(6-8)16-2/h8-9H,4-6H2,1-3H3,(H,13,14). The molecule has 2 rings (SSSR count). The molecule has 1 aliphatic rings. The van der Waals surface area contributed by atoms with Gasteiger partial charge in [0.1, 0.15) is 4.88 Å². The topological polar surface area (TPSA) is 60.5 Å². The van der Waals surface area contributed by atoms with Gasteiger partial charge in [0.05, 0.1) is 18.9 Å². The lowest BCUT2D eigenvalue weighted by atomic mass is 10.2. The fourth-order valence-corrected chi connectivity index (χ4v) is 3.16. The van der Waals surface area contributed by atoms with E-state index in [9.17, 15) is 4.79 Å². The van der Waals surface area contributed by atoms with Crippen molar-refractivity contribution in [2.24, 2.45) is 0 Å². The Morgan fingerprint density at radius 3 is 2.83 bits per heavy atom. The van der Waals surface area contributed by atoms with Crippen molar-refractivity contribution in [3.8, 4) is 0 Å². The van der Waals surface area contributed by atoms with Crippen molar-refractivity contribution in [3.05, 3.63) is 10.6 Å². The van der Waals surface area contributed by atoms with E-state index in [-0.39, 0.29) is 5.97 Å². The number of hydrogen-bond donors (Lipinski definition) is 1. The highest BCUT2D eigenvalue weighted by molar-refractivity contribution is 7.17. The van der Waals surface area contributed by atoms with Gasteiger partial charge in [-0.05, 0) is 26.2 Å². The van der Waals surface area contributed by atoms with E-state index in [0.717, 1.165) is 30.1 Å². The van der Waals surface area contributed by atoms with Crippen LogP contribution in [0.25, 0.3) is 0 Å². The zero-order chi connectivity index (χ0) is 13.1. The molecule has 6 heteroatoms. The van der Waals surface area contributed by atoms with Crippen molar-refractivity contribution in [2.45, 2.75) is 38.3 Å². The van der Waals surface area contributed by atoms with Gasteiger partial charge in [-0.25, -0.2) is 9.78 Å². The van der Waals surface area contributed by atoms with Crippen LogP contribution in [-0.2, 0) is 9.47 Å². The van der Waals surface area contributed by atoms with Crippen LogP contribution in [0.1, 0.15) is 34.6 Å². The molecule has 2 atom stereocenters. The van der Waals surface area contributed by atoms with Crippen LogP contribution in [0.3, 0.4) is 0 Å². The zero-order valence-electron chi connectivity index (χ0n) is 10.9. The summed E-state index contributed by atoms with van der Waals surface area (Å²) >= 11 is 1.35. The second-order valence-corrected chi connectivity index (χ2v) is 5.44. The molecular formula is C12H18N2O3S. The summed E-state index contributed by atoms with van der Waals surface area (Å²) in [5.41, 5.74) is 0.718. The number of hydrogen-bond acceptors (Lipinski definition) is 6. The Balaban J connectivity index is 2.00. The number of nitrogens with one attached hydrogen (secondary N) is 1. The number of anilines is 1. The van der Waals surface area contributed by atoms with Crippen molar-refractivity contribution in [2.75, 3.05) is 19.5 Å². The average molecular weight is 270 g/mol. The molecule has 1 aromatic heterocycles. The van der Waals surface area contributed by atoms with Crippen molar-refractivity contribution in [1.82, 2.24) is 4.98 Å². The van der Waals surface area contributed by atoms with Gasteiger partial charge >= 0.3 is 5.97 Å². The zero-order valence-corrected chi connectivity index (χ0v) is 11.7. The monoisotopic (exact) mass is 270 g/mol. The van der Waals surface area contributed by atoms with Crippen LogP contribution in [0.5, 0.6) is 0 Å². The van der Waals surface area contributed by atoms with Gasteiger partial charge in [-0.2, -0.15) is 0 Å². The first kappa shape index (κ1) is 13.3. The van der Waals surface area contributed by atoms with Gasteiger partial charge in [0.25, 0.3) is 0 Å². The number of aryl methyl sites for hydroxylation is 1. The molecule has 0 aromatic carbocycles. The minimum Gasteiger partial charge on any atom is -0.465 e. The molecule has 0 spiro atoms. The molecule has 0 aliphatic heterocycles. The summed E-state index contributed by atoms with van der Waals surface area (Å²) in [6.07, 6.45) is 3.47. The maximum Gasteiger partial charge on any atom is 0.350 e. The maximum atomic E-state index is 11.5. The number of carbonyl (C=O) groups is 1. The summed E-state index contributed by atoms with van der Waals surface area (Å²) in [6, 6.07) is 0.381. The van der Waals surface area contributed by atoms with Crippen molar-refractivity contribution in [3.63, 3.8) is 0 Å². The molecule has 1 fully saturated rings. The van der Waals surface area contributed by atoms with E-state index < -0.39 is 0 Å². The predicted molar refractivity (Wildman–Crippen MR) is 70.2 cm³/mol. The summed E-state index contributed by atoms with van der Waals surface area (Å²) in [5.74, 6) is -0.320. The van der Waals surface area contributed by atoms with E-state index in [1.54, 1.807) is 7.11 Å². The number of carbonyl (C=O) groups excluding carboxylic acids is 1. The number of nitrogens with zero attached hydrogens (tertiary/aromatic N) is 1. The summed E-state index contributed by atoms with van der Waals surface area (Å²) in [4.78, 5) is 16.4. The van der Waals surface area contributed by atoms with Crippen LogP contribution in [0, 0.1) is 6.92 Å². The largest absolute Gasteiger partial charge is 0.465 e. The predicted octanol–water partition coefficient (Wildman–Crippen LogP) is 2.22. The van der Waals surface area contributed by atoms with Gasteiger partial charge in [0.2, 0.25) is 0 Å². The van der Waals surface area contributed by atoms with Crippen LogP contribution in [0.4, 0.5) is 5.13 Å². The number of thiazole rings is 1. The fourth-order valence-electron chi connectivity index (χ4n) is 2.20. The SMILES string of the molecule is COC(=O)c1sc(NC2CCC(OC)C2)nc1C. The van der Waals surface area contributed by atoms with Crippen molar-refractivity contribution < 1.29 is 14.3 Å². The van der Waals surface area contributed by atoms with Gasteiger partial charge < -0.3 is 14.8 Å². The molecule has 1 saturated carbocycles. The molecule has 0 radical (unpaired) electrons. The first-order valence-corrected chi connectivity index (χ1v) is 6.80. The van der Waals surface area contributed by atoms with E-state index in [4.69, 9.17) is 9.47 Å². The highest BCUT2D eigenvalue weighted by Gasteiger charge is 2.25. The number of ether oxygens (including phenoxy) is 2. The first-order valence-electron chi connectivity index (χ1n) is 5.99. The first-order chi connectivity index (χ1) is 8.63. The van der Waals surface area contributed by atoms with E-state index >= 15 is 0 Å². The second kappa shape index (κ2) is 5.67. The Bertz CT molecular complexity index is 433. The van der Waals surface area contributed by atoms with E-state index in [0.29, 0.717) is 17.0 Å². The molecule has 0 saturated heterocycles. The summed E-state index contributed by atoms with van der Waals surface area (Å²) in [6.45, 7) is 1.82. The molecule has 0 amide bonds. The van der Waals surface area contributed by atoms with Crippen LogP contribution in [0.2, 0.25) is 0 Å². The number of rotatable bonds is 4. The minimum atomic E-state index is -0.320. The Kier molecular flexibility index (Phi) is 4.19. The molecule has 2 unspecified atom stereocenters. The van der Waals surface area contributed by atoms with Gasteiger partial charge in [-0.15, -0.1) is 0 Å². The van der Waals surface area contributed by atoms with Crippen molar-refractivity contribution >= 4 is 22.4 Å².